The molecule has 2 amide bonds. The van der Waals surface area contributed by atoms with E-state index in [4.69, 9.17) is 9.84 Å². The lowest BCUT2D eigenvalue weighted by molar-refractivity contribution is -0.120. The number of nitrogens with one attached hydrogen (secondary N) is 2. The molecule has 0 saturated heterocycles. The van der Waals surface area contributed by atoms with Gasteiger partial charge in [-0.25, -0.2) is 4.79 Å². The van der Waals surface area contributed by atoms with Crippen molar-refractivity contribution in [3.8, 4) is 5.75 Å². The van der Waals surface area contributed by atoms with Crippen molar-refractivity contribution in [2.45, 2.75) is 26.8 Å². The zero-order valence-corrected chi connectivity index (χ0v) is 12.1. The van der Waals surface area contributed by atoms with Gasteiger partial charge < -0.3 is 20.5 Å². The Bertz CT molecular complexity index is 477. The van der Waals surface area contributed by atoms with E-state index in [1.54, 1.807) is 52.1 Å². The maximum Gasteiger partial charge on any atom is 0.405 e. The largest absolute Gasteiger partial charge is 0.497 e. The molecule has 1 atom stereocenters. The maximum absolute atomic E-state index is 12.2. The number of carbonyl (C=O) groups excluding carboxylic acids is 1. The third-order valence-corrected chi connectivity index (χ3v) is 2.75. The van der Waals surface area contributed by atoms with Gasteiger partial charge in [-0.2, -0.15) is 0 Å². The average Bonchev–Trinajstić information content (AvgIpc) is 2.35. The molecule has 0 spiro atoms. The Labute approximate surface area is 118 Å². The van der Waals surface area contributed by atoms with Gasteiger partial charge in [0.25, 0.3) is 0 Å². The van der Waals surface area contributed by atoms with Gasteiger partial charge in [0, 0.05) is 5.69 Å². The van der Waals surface area contributed by atoms with Gasteiger partial charge in [-0.05, 0) is 29.7 Å². The minimum absolute atomic E-state index is 0.398. The van der Waals surface area contributed by atoms with Crippen molar-refractivity contribution in [3.63, 3.8) is 0 Å². The fourth-order valence-corrected chi connectivity index (χ4v) is 1.69. The number of benzene rings is 1. The summed E-state index contributed by atoms with van der Waals surface area (Å²) >= 11 is 0. The molecule has 0 aliphatic heterocycles. The summed E-state index contributed by atoms with van der Waals surface area (Å²) in [4.78, 5) is 23.0. The number of methoxy groups -OCH3 is 1. The summed E-state index contributed by atoms with van der Waals surface area (Å²) in [7, 11) is 1.56. The van der Waals surface area contributed by atoms with Gasteiger partial charge in [0.1, 0.15) is 11.8 Å². The van der Waals surface area contributed by atoms with Crippen LogP contribution in [-0.2, 0) is 4.79 Å². The molecular formula is C14H20N2O4. The Morgan fingerprint density at radius 2 is 1.75 bits per heavy atom. The molecule has 0 aliphatic rings. The SMILES string of the molecule is COc1ccc(NC(=O)C(NC(=O)O)C(C)(C)C)cc1. The number of hydrogen-bond acceptors (Lipinski definition) is 3. The summed E-state index contributed by atoms with van der Waals surface area (Å²) < 4.78 is 5.03. The topological polar surface area (TPSA) is 87.7 Å². The smallest absolute Gasteiger partial charge is 0.405 e. The number of carboxylic acid groups (broad SMARTS) is 1. The first kappa shape index (κ1) is 15.8. The van der Waals surface area contributed by atoms with E-state index in [-0.39, 0.29) is 0 Å². The van der Waals surface area contributed by atoms with Crippen molar-refractivity contribution < 1.29 is 19.4 Å². The van der Waals surface area contributed by atoms with Crippen LogP contribution in [0.25, 0.3) is 0 Å². The van der Waals surface area contributed by atoms with Crippen molar-refractivity contribution in [1.29, 1.82) is 0 Å². The van der Waals surface area contributed by atoms with E-state index in [1.807, 2.05) is 0 Å². The Kier molecular flexibility index (Phi) is 4.96. The lowest BCUT2D eigenvalue weighted by Gasteiger charge is -2.29. The van der Waals surface area contributed by atoms with E-state index >= 15 is 0 Å². The van der Waals surface area contributed by atoms with Crippen LogP contribution in [0, 0.1) is 5.41 Å². The summed E-state index contributed by atoms with van der Waals surface area (Å²) in [5.41, 5.74) is 0.0480. The van der Waals surface area contributed by atoms with Crippen LogP contribution in [0.4, 0.5) is 10.5 Å². The zero-order chi connectivity index (χ0) is 15.3. The molecule has 0 aliphatic carbocycles. The fourth-order valence-electron chi connectivity index (χ4n) is 1.69. The fraction of sp³-hybridized carbons (Fsp3) is 0.429. The lowest BCUT2D eigenvalue weighted by Crippen LogP contribution is -2.51. The summed E-state index contributed by atoms with van der Waals surface area (Å²) in [5, 5.41) is 13.8. The van der Waals surface area contributed by atoms with Crippen LogP contribution in [0.1, 0.15) is 20.8 Å². The van der Waals surface area contributed by atoms with Gasteiger partial charge >= 0.3 is 6.09 Å². The van der Waals surface area contributed by atoms with Crippen molar-refractivity contribution >= 4 is 17.7 Å². The molecule has 0 saturated carbocycles. The van der Waals surface area contributed by atoms with Gasteiger partial charge in [-0.1, -0.05) is 20.8 Å². The van der Waals surface area contributed by atoms with E-state index in [0.717, 1.165) is 0 Å². The average molecular weight is 280 g/mol. The number of hydrogen-bond donors (Lipinski definition) is 3. The minimum Gasteiger partial charge on any atom is -0.497 e. The van der Waals surface area contributed by atoms with E-state index < -0.39 is 23.5 Å². The summed E-state index contributed by atoms with van der Waals surface area (Å²) in [6, 6.07) is 5.97. The summed E-state index contributed by atoms with van der Waals surface area (Å²) in [6.07, 6.45) is -1.23. The number of anilines is 1. The molecule has 0 bridgehead atoms. The quantitative estimate of drug-likeness (QED) is 0.789. The van der Waals surface area contributed by atoms with E-state index in [2.05, 4.69) is 10.6 Å². The van der Waals surface area contributed by atoms with Crippen LogP contribution in [0.3, 0.4) is 0 Å². The molecule has 3 N–H and O–H groups in total. The second-order valence-corrected chi connectivity index (χ2v) is 5.47. The van der Waals surface area contributed by atoms with E-state index in [1.165, 1.54) is 0 Å². The second kappa shape index (κ2) is 6.27. The number of carbonyl (C=O) groups is 2. The van der Waals surface area contributed by atoms with Crippen LogP contribution in [0.2, 0.25) is 0 Å². The molecule has 1 aromatic rings. The number of ether oxygens (including phenoxy) is 1. The third kappa shape index (κ3) is 4.46. The highest BCUT2D eigenvalue weighted by molar-refractivity contribution is 5.97. The Balaban J connectivity index is 2.82. The normalized spacial score (nSPS) is 12.4. The maximum atomic E-state index is 12.2. The first-order valence-electron chi connectivity index (χ1n) is 6.18. The predicted molar refractivity (Wildman–Crippen MR) is 76.0 cm³/mol. The molecule has 1 unspecified atom stereocenters. The second-order valence-electron chi connectivity index (χ2n) is 5.47. The number of amides is 2. The Morgan fingerprint density at radius 1 is 1.20 bits per heavy atom. The van der Waals surface area contributed by atoms with E-state index in [9.17, 15) is 9.59 Å². The monoisotopic (exact) mass is 280 g/mol. The van der Waals surface area contributed by atoms with Crippen molar-refractivity contribution in [2.24, 2.45) is 5.41 Å². The molecule has 0 fully saturated rings. The standard InChI is InChI=1S/C14H20N2O4/c1-14(2,3)11(16-13(18)19)12(17)15-9-5-7-10(20-4)8-6-9/h5-8,11,16H,1-4H3,(H,15,17)(H,18,19). The molecule has 6 heteroatoms. The highest BCUT2D eigenvalue weighted by Gasteiger charge is 2.32. The van der Waals surface area contributed by atoms with E-state index in [0.29, 0.717) is 11.4 Å². The van der Waals surface area contributed by atoms with Gasteiger partial charge in [0.05, 0.1) is 7.11 Å². The van der Waals surface area contributed by atoms with Gasteiger partial charge in [0.15, 0.2) is 0 Å². The highest BCUT2D eigenvalue weighted by atomic mass is 16.5. The summed E-state index contributed by atoms with van der Waals surface area (Å²) in [5.74, 6) is 0.282. The van der Waals surface area contributed by atoms with Gasteiger partial charge in [-0.15, -0.1) is 0 Å². The van der Waals surface area contributed by atoms with Crippen molar-refractivity contribution in [3.05, 3.63) is 24.3 Å². The Hall–Kier alpha value is -2.24. The molecular weight excluding hydrogens is 260 g/mol. The number of rotatable bonds is 4. The molecule has 20 heavy (non-hydrogen) atoms. The third-order valence-electron chi connectivity index (χ3n) is 2.75. The van der Waals surface area contributed by atoms with Crippen LogP contribution in [-0.4, -0.2) is 30.3 Å². The first-order chi connectivity index (χ1) is 9.24. The molecule has 0 heterocycles. The van der Waals surface area contributed by atoms with Crippen LogP contribution < -0.4 is 15.4 Å². The molecule has 6 nitrogen and oxygen atoms in total. The van der Waals surface area contributed by atoms with Gasteiger partial charge in [-0.3, -0.25) is 4.79 Å². The van der Waals surface area contributed by atoms with Crippen molar-refractivity contribution in [1.82, 2.24) is 5.32 Å². The highest BCUT2D eigenvalue weighted by Crippen LogP contribution is 2.21. The molecule has 0 aromatic heterocycles. The van der Waals surface area contributed by atoms with Gasteiger partial charge in [0.2, 0.25) is 5.91 Å². The molecule has 1 aromatic carbocycles. The molecule has 1 rings (SSSR count). The lowest BCUT2D eigenvalue weighted by atomic mass is 9.86. The van der Waals surface area contributed by atoms with Crippen LogP contribution in [0.5, 0.6) is 5.75 Å². The molecule has 0 radical (unpaired) electrons. The summed E-state index contributed by atoms with van der Waals surface area (Å²) in [6.45, 7) is 5.38. The Morgan fingerprint density at radius 3 is 2.15 bits per heavy atom. The minimum atomic E-state index is -1.23. The van der Waals surface area contributed by atoms with Crippen LogP contribution in [0.15, 0.2) is 24.3 Å². The van der Waals surface area contributed by atoms with Crippen molar-refractivity contribution in [2.75, 3.05) is 12.4 Å². The predicted octanol–water partition coefficient (Wildman–Crippen LogP) is 2.32. The first-order valence-corrected chi connectivity index (χ1v) is 6.18. The van der Waals surface area contributed by atoms with Crippen LogP contribution >= 0.6 is 0 Å². The zero-order valence-electron chi connectivity index (χ0n) is 12.1. The molecule has 110 valence electrons.